The second kappa shape index (κ2) is 5.13. The Morgan fingerprint density at radius 3 is 2.88 bits per heavy atom. The molecule has 0 amide bonds. The predicted molar refractivity (Wildman–Crippen MR) is 64.8 cm³/mol. The molecule has 3 nitrogen and oxygen atoms in total. The zero-order chi connectivity index (χ0) is 12.1. The van der Waals surface area contributed by atoms with Crippen molar-refractivity contribution in [2.45, 2.75) is 13.3 Å². The van der Waals surface area contributed by atoms with Crippen molar-refractivity contribution in [1.29, 1.82) is 5.26 Å². The molecular weight excluding hydrogens is 212 g/mol. The number of hydrogen-bond acceptors (Lipinski definition) is 3. The number of aromatic nitrogens is 1. The maximum atomic E-state index is 8.67. The van der Waals surface area contributed by atoms with Gasteiger partial charge in [0.25, 0.3) is 0 Å². The van der Waals surface area contributed by atoms with Crippen LogP contribution >= 0.6 is 0 Å². The number of nitrogens with zero attached hydrogens (tertiary/aromatic N) is 2. The first-order chi connectivity index (χ1) is 8.29. The molecule has 1 aromatic heterocycles. The fourth-order valence-corrected chi connectivity index (χ4v) is 1.48. The summed E-state index contributed by atoms with van der Waals surface area (Å²) in [4.78, 5) is 4.10. The molecule has 17 heavy (non-hydrogen) atoms. The summed E-state index contributed by atoms with van der Waals surface area (Å²) < 4.78 is 5.68. The molecule has 2 aromatic rings. The van der Waals surface area contributed by atoms with Gasteiger partial charge in [-0.25, -0.2) is 4.98 Å². The summed E-state index contributed by atoms with van der Waals surface area (Å²) in [5.41, 5.74) is 1.97. The Hall–Kier alpha value is -2.34. The first-order valence-corrected chi connectivity index (χ1v) is 5.35. The van der Waals surface area contributed by atoms with Gasteiger partial charge in [-0.1, -0.05) is 18.2 Å². The molecule has 84 valence electrons. The van der Waals surface area contributed by atoms with Crippen LogP contribution in [-0.4, -0.2) is 4.98 Å². The number of aryl methyl sites for hydroxylation is 1. The Balaban J connectivity index is 2.26. The summed E-state index contributed by atoms with van der Waals surface area (Å²) in [6.45, 7) is 1.97. The number of rotatable bonds is 3. The van der Waals surface area contributed by atoms with Crippen molar-refractivity contribution >= 4 is 0 Å². The van der Waals surface area contributed by atoms with E-state index in [4.69, 9.17) is 10.00 Å². The number of nitriles is 1. The highest BCUT2D eigenvalue weighted by Gasteiger charge is 2.03. The van der Waals surface area contributed by atoms with Crippen LogP contribution in [0.4, 0.5) is 0 Å². The van der Waals surface area contributed by atoms with E-state index in [9.17, 15) is 0 Å². The Morgan fingerprint density at radius 2 is 2.18 bits per heavy atom. The van der Waals surface area contributed by atoms with Gasteiger partial charge in [0.1, 0.15) is 5.75 Å². The molecule has 0 aliphatic carbocycles. The highest BCUT2D eigenvalue weighted by molar-refractivity contribution is 5.39. The third-order valence-electron chi connectivity index (χ3n) is 2.39. The van der Waals surface area contributed by atoms with Crippen molar-refractivity contribution in [2.75, 3.05) is 0 Å². The van der Waals surface area contributed by atoms with Crippen LogP contribution in [0.15, 0.2) is 42.6 Å². The molecule has 2 rings (SSSR count). The van der Waals surface area contributed by atoms with Gasteiger partial charge in [0.15, 0.2) is 0 Å². The van der Waals surface area contributed by atoms with Crippen LogP contribution in [0.3, 0.4) is 0 Å². The summed E-state index contributed by atoms with van der Waals surface area (Å²) in [5.74, 6) is 1.31. The predicted octanol–water partition coefficient (Wildman–Crippen LogP) is 3.25. The second-order valence-electron chi connectivity index (χ2n) is 3.70. The van der Waals surface area contributed by atoms with E-state index in [0.29, 0.717) is 12.3 Å². The van der Waals surface area contributed by atoms with Crippen LogP contribution in [0.2, 0.25) is 0 Å². The van der Waals surface area contributed by atoms with Gasteiger partial charge < -0.3 is 4.74 Å². The number of hydrogen-bond donors (Lipinski definition) is 0. The quantitative estimate of drug-likeness (QED) is 0.803. The van der Waals surface area contributed by atoms with E-state index in [0.717, 1.165) is 16.9 Å². The lowest BCUT2D eigenvalue weighted by Gasteiger charge is -2.08. The zero-order valence-corrected chi connectivity index (χ0v) is 9.55. The molecule has 1 heterocycles. The topological polar surface area (TPSA) is 45.9 Å². The molecule has 0 fully saturated rings. The van der Waals surface area contributed by atoms with Crippen LogP contribution in [0.5, 0.6) is 11.6 Å². The van der Waals surface area contributed by atoms with Crippen LogP contribution in [0.1, 0.15) is 11.1 Å². The average Bonchev–Trinajstić information content (AvgIpc) is 2.35. The van der Waals surface area contributed by atoms with Gasteiger partial charge in [0, 0.05) is 12.3 Å². The minimum Gasteiger partial charge on any atom is -0.439 e. The van der Waals surface area contributed by atoms with Crippen molar-refractivity contribution in [3.8, 4) is 17.7 Å². The van der Waals surface area contributed by atoms with E-state index < -0.39 is 0 Å². The molecule has 1 aromatic carbocycles. The monoisotopic (exact) mass is 224 g/mol. The molecule has 0 unspecified atom stereocenters. The minimum atomic E-state index is 0.388. The van der Waals surface area contributed by atoms with Crippen LogP contribution in [-0.2, 0) is 6.42 Å². The van der Waals surface area contributed by atoms with Gasteiger partial charge >= 0.3 is 0 Å². The highest BCUT2D eigenvalue weighted by atomic mass is 16.5. The van der Waals surface area contributed by atoms with Crippen molar-refractivity contribution in [2.24, 2.45) is 0 Å². The van der Waals surface area contributed by atoms with E-state index in [1.165, 1.54) is 0 Å². The first-order valence-electron chi connectivity index (χ1n) is 5.35. The average molecular weight is 224 g/mol. The van der Waals surface area contributed by atoms with Crippen LogP contribution < -0.4 is 4.74 Å². The molecule has 0 aliphatic rings. The van der Waals surface area contributed by atoms with Gasteiger partial charge in [-0.3, -0.25) is 0 Å². The summed E-state index contributed by atoms with van der Waals surface area (Å²) in [5, 5.41) is 8.67. The SMILES string of the molecule is Cc1ccc(CC#N)cc1Oc1ccccn1. The van der Waals surface area contributed by atoms with Gasteiger partial charge in [-0.05, 0) is 30.2 Å². The van der Waals surface area contributed by atoms with Gasteiger partial charge in [-0.15, -0.1) is 0 Å². The highest BCUT2D eigenvalue weighted by Crippen LogP contribution is 2.24. The summed E-state index contributed by atoms with van der Waals surface area (Å²) >= 11 is 0. The maximum absolute atomic E-state index is 8.67. The van der Waals surface area contributed by atoms with Crippen molar-refractivity contribution in [3.05, 3.63) is 53.7 Å². The Labute approximate surface area is 100 Å². The standard InChI is InChI=1S/C14H12N2O/c1-11-5-6-12(7-8-15)10-13(11)17-14-4-2-3-9-16-14/h2-6,9-10H,7H2,1H3. The lowest BCUT2D eigenvalue weighted by molar-refractivity contribution is 0.459. The number of benzene rings is 1. The molecule has 3 heteroatoms. The molecule has 0 saturated carbocycles. The molecule has 0 aliphatic heterocycles. The smallest absolute Gasteiger partial charge is 0.219 e. The van der Waals surface area contributed by atoms with Crippen molar-refractivity contribution in [1.82, 2.24) is 4.98 Å². The summed E-state index contributed by atoms with van der Waals surface area (Å²) in [6.07, 6.45) is 2.07. The van der Waals surface area contributed by atoms with Crippen LogP contribution in [0.25, 0.3) is 0 Å². The summed E-state index contributed by atoms with van der Waals surface area (Å²) in [6, 6.07) is 13.4. The molecule has 0 bridgehead atoms. The van der Waals surface area contributed by atoms with Crippen LogP contribution in [0, 0.1) is 18.3 Å². The third kappa shape index (κ3) is 2.82. The fraction of sp³-hybridized carbons (Fsp3) is 0.143. The number of pyridine rings is 1. The zero-order valence-electron chi connectivity index (χ0n) is 9.55. The van der Waals surface area contributed by atoms with E-state index in [-0.39, 0.29) is 0 Å². The minimum absolute atomic E-state index is 0.388. The largest absolute Gasteiger partial charge is 0.439 e. The molecule has 0 saturated heterocycles. The molecule has 0 radical (unpaired) electrons. The van der Waals surface area contributed by atoms with E-state index >= 15 is 0 Å². The van der Waals surface area contributed by atoms with Gasteiger partial charge in [0.2, 0.25) is 5.88 Å². The van der Waals surface area contributed by atoms with Gasteiger partial charge in [0.05, 0.1) is 12.5 Å². The summed E-state index contributed by atoms with van der Waals surface area (Å²) in [7, 11) is 0. The fourth-order valence-electron chi connectivity index (χ4n) is 1.48. The Morgan fingerprint density at radius 1 is 1.29 bits per heavy atom. The van der Waals surface area contributed by atoms with Crippen molar-refractivity contribution in [3.63, 3.8) is 0 Å². The van der Waals surface area contributed by atoms with Crippen molar-refractivity contribution < 1.29 is 4.74 Å². The normalized spacial score (nSPS) is 9.65. The first kappa shape index (κ1) is 11.2. The third-order valence-corrected chi connectivity index (χ3v) is 2.39. The molecule has 0 atom stereocenters. The lowest BCUT2D eigenvalue weighted by Crippen LogP contribution is -1.91. The molecule has 0 spiro atoms. The van der Waals surface area contributed by atoms with E-state index in [1.54, 1.807) is 12.3 Å². The molecular formula is C14H12N2O. The Bertz CT molecular complexity index is 544. The second-order valence-corrected chi connectivity index (χ2v) is 3.70. The lowest BCUT2D eigenvalue weighted by atomic mass is 10.1. The Kier molecular flexibility index (Phi) is 3.37. The number of ether oxygens (including phenoxy) is 1. The van der Waals surface area contributed by atoms with Gasteiger partial charge in [-0.2, -0.15) is 5.26 Å². The maximum Gasteiger partial charge on any atom is 0.219 e. The molecule has 0 N–H and O–H groups in total. The van der Waals surface area contributed by atoms with E-state index in [1.807, 2.05) is 37.3 Å². The van der Waals surface area contributed by atoms with E-state index in [2.05, 4.69) is 11.1 Å².